The van der Waals surface area contributed by atoms with Gasteiger partial charge in [-0.3, -0.25) is 4.79 Å². The molecule has 3 heteroatoms. The Morgan fingerprint density at radius 1 is 1.33 bits per heavy atom. The first kappa shape index (κ1) is 13.6. The number of nitrogens with one attached hydrogen (secondary N) is 1. The van der Waals surface area contributed by atoms with Crippen molar-refractivity contribution in [1.29, 1.82) is 0 Å². The number of carbonyl (C=O) groups is 1. The van der Waals surface area contributed by atoms with Crippen LogP contribution in [0.4, 0.5) is 0 Å². The average molecular weight is 310 g/mol. The van der Waals surface area contributed by atoms with E-state index in [1.807, 2.05) is 18.2 Å². The Morgan fingerprint density at radius 2 is 1.94 bits per heavy atom. The lowest BCUT2D eigenvalue weighted by molar-refractivity contribution is -0.124. The molecule has 18 heavy (non-hydrogen) atoms. The maximum atomic E-state index is 12.5. The Morgan fingerprint density at radius 3 is 2.39 bits per heavy atom. The lowest BCUT2D eigenvalue weighted by Crippen LogP contribution is -2.45. The third-order valence-corrected chi connectivity index (χ3v) is 4.50. The largest absolute Gasteiger partial charge is 0.351 e. The first-order valence-corrected chi connectivity index (χ1v) is 7.65. The summed E-state index contributed by atoms with van der Waals surface area (Å²) in [5.74, 6) is 0.631. The number of carbonyl (C=O) groups excluding carboxylic acids is 1. The molecular weight excluding hydrogens is 290 g/mol. The van der Waals surface area contributed by atoms with Crippen LogP contribution in [0.2, 0.25) is 0 Å². The second-order valence-electron chi connectivity index (χ2n) is 5.43. The maximum absolute atomic E-state index is 12.5. The minimum absolute atomic E-state index is 0.187. The van der Waals surface area contributed by atoms with Crippen LogP contribution in [0.15, 0.2) is 30.3 Å². The Bertz CT molecular complexity index is 412. The topological polar surface area (TPSA) is 29.1 Å². The summed E-state index contributed by atoms with van der Waals surface area (Å²) in [6, 6.07) is 10.3. The SMILES string of the molecule is CC(C)C(CBr)NC(=O)C1(c2ccccc2)CC1. The summed E-state index contributed by atoms with van der Waals surface area (Å²) in [6.07, 6.45) is 1.94. The maximum Gasteiger partial charge on any atom is 0.230 e. The van der Waals surface area contributed by atoms with Crippen LogP contribution in [0, 0.1) is 5.92 Å². The number of halogens is 1. The predicted octanol–water partition coefficient (Wildman–Crippen LogP) is 3.25. The highest BCUT2D eigenvalue weighted by Crippen LogP contribution is 2.48. The summed E-state index contributed by atoms with van der Waals surface area (Å²) in [7, 11) is 0. The number of hydrogen-bond donors (Lipinski definition) is 1. The summed E-state index contributed by atoms with van der Waals surface area (Å²) in [6.45, 7) is 4.27. The molecule has 1 aliphatic carbocycles. The highest BCUT2D eigenvalue weighted by atomic mass is 79.9. The van der Waals surface area contributed by atoms with Crippen LogP contribution >= 0.6 is 15.9 Å². The number of hydrogen-bond acceptors (Lipinski definition) is 1. The van der Waals surface area contributed by atoms with Gasteiger partial charge in [-0.2, -0.15) is 0 Å². The van der Waals surface area contributed by atoms with Gasteiger partial charge in [0.05, 0.1) is 5.41 Å². The van der Waals surface area contributed by atoms with Crippen LogP contribution in [0.5, 0.6) is 0 Å². The van der Waals surface area contributed by atoms with Crippen LogP contribution in [-0.4, -0.2) is 17.3 Å². The summed E-state index contributed by atoms with van der Waals surface area (Å²) >= 11 is 3.47. The van der Waals surface area contributed by atoms with E-state index in [4.69, 9.17) is 0 Å². The Balaban J connectivity index is 2.10. The van der Waals surface area contributed by atoms with Crippen molar-refractivity contribution in [1.82, 2.24) is 5.32 Å². The third kappa shape index (κ3) is 2.61. The fraction of sp³-hybridized carbons (Fsp3) is 0.533. The molecule has 98 valence electrons. The van der Waals surface area contributed by atoms with Gasteiger partial charge in [0.25, 0.3) is 0 Å². The predicted molar refractivity (Wildman–Crippen MR) is 77.9 cm³/mol. The average Bonchev–Trinajstić information content (AvgIpc) is 3.18. The molecule has 0 heterocycles. The number of benzene rings is 1. The Labute approximate surface area is 117 Å². The van der Waals surface area contributed by atoms with Crippen molar-refractivity contribution in [3.05, 3.63) is 35.9 Å². The van der Waals surface area contributed by atoms with E-state index < -0.39 is 0 Å². The zero-order valence-corrected chi connectivity index (χ0v) is 12.5. The second kappa shape index (κ2) is 5.43. The van der Waals surface area contributed by atoms with Crippen molar-refractivity contribution in [3.63, 3.8) is 0 Å². The van der Waals surface area contributed by atoms with Gasteiger partial charge >= 0.3 is 0 Å². The standard InChI is InChI=1S/C15H20BrNO/c1-11(2)13(10-16)17-14(18)15(8-9-15)12-6-4-3-5-7-12/h3-7,11,13H,8-10H2,1-2H3,(H,17,18). The molecule has 1 unspecified atom stereocenters. The summed E-state index contributed by atoms with van der Waals surface area (Å²) < 4.78 is 0. The minimum atomic E-state index is -0.253. The molecule has 1 aromatic carbocycles. The smallest absolute Gasteiger partial charge is 0.230 e. The number of amides is 1. The van der Waals surface area contributed by atoms with E-state index in [1.165, 1.54) is 0 Å². The molecule has 1 saturated carbocycles. The summed E-state index contributed by atoms with van der Waals surface area (Å²) in [5.41, 5.74) is 0.899. The Kier molecular flexibility index (Phi) is 4.10. The van der Waals surface area contributed by atoms with E-state index in [1.54, 1.807) is 0 Å². The quantitative estimate of drug-likeness (QED) is 0.831. The van der Waals surface area contributed by atoms with E-state index in [-0.39, 0.29) is 17.4 Å². The van der Waals surface area contributed by atoms with Crippen LogP contribution in [0.3, 0.4) is 0 Å². The van der Waals surface area contributed by atoms with Crippen molar-refractivity contribution < 1.29 is 4.79 Å². The fourth-order valence-electron chi connectivity index (χ4n) is 2.22. The normalized spacial score (nSPS) is 18.4. The molecule has 0 aliphatic heterocycles. The number of alkyl halides is 1. The molecule has 1 aliphatic rings. The third-order valence-electron chi connectivity index (χ3n) is 3.80. The molecule has 0 bridgehead atoms. The van der Waals surface area contributed by atoms with Crippen molar-refractivity contribution in [2.24, 2.45) is 5.92 Å². The summed E-state index contributed by atoms with van der Waals surface area (Å²) in [5, 5.41) is 3.99. The van der Waals surface area contributed by atoms with Gasteiger partial charge in [0.2, 0.25) is 5.91 Å². The van der Waals surface area contributed by atoms with Gasteiger partial charge in [-0.05, 0) is 24.3 Å². The molecule has 1 N–H and O–H groups in total. The van der Waals surface area contributed by atoms with Crippen LogP contribution in [-0.2, 0) is 10.2 Å². The first-order valence-electron chi connectivity index (χ1n) is 6.52. The zero-order chi connectivity index (χ0) is 13.2. The lowest BCUT2D eigenvalue weighted by Gasteiger charge is -2.24. The number of rotatable bonds is 5. The van der Waals surface area contributed by atoms with E-state index >= 15 is 0 Å². The Hall–Kier alpha value is -0.830. The van der Waals surface area contributed by atoms with Gasteiger partial charge in [-0.1, -0.05) is 60.1 Å². The van der Waals surface area contributed by atoms with Gasteiger partial charge in [0.1, 0.15) is 0 Å². The molecule has 0 radical (unpaired) electrons. The van der Waals surface area contributed by atoms with Crippen molar-refractivity contribution in [2.45, 2.75) is 38.1 Å². The first-order chi connectivity index (χ1) is 8.60. The van der Waals surface area contributed by atoms with Crippen LogP contribution in [0.1, 0.15) is 32.3 Å². The molecule has 1 aromatic rings. The molecular formula is C15H20BrNO. The van der Waals surface area contributed by atoms with Gasteiger partial charge in [0.15, 0.2) is 0 Å². The fourth-order valence-corrected chi connectivity index (χ4v) is 3.13. The van der Waals surface area contributed by atoms with E-state index in [9.17, 15) is 4.79 Å². The van der Waals surface area contributed by atoms with Crippen molar-refractivity contribution in [2.75, 3.05) is 5.33 Å². The summed E-state index contributed by atoms with van der Waals surface area (Å²) in [4.78, 5) is 12.5. The van der Waals surface area contributed by atoms with Gasteiger partial charge in [-0.25, -0.2) is 0 Å². The van der Waals surface area contributed by atoms with Gasteiger partial charge < -0.3 is 5.32 Å². The monoisotopic (exact) mass is 309 g/mol. The zero-order valence-electron chi connectivity index (χ0n) is 10.9. The van der Waals surface area contributed by atoms with Crippen LogP contribution < -0.4 is 5.32 Å². The van der Waals surface area contributed by atoms with Gasteiger partial charge in [0, 0.05) is 11.4 Å². The molecule has 1 amide bonds. The lowest BCUT2D eigenvalue weighted by atomic mass is 9.94. The molecule has 1 fully saturated rings. The van der Waals surface area contributed by atoms with E-state index in [0.29, 0.717) is 5.92 Å². The van der Waals surface area contributed by atoms with Gasteiger partial charge in [-0.15, -0.1) is 0 Å². The molecule has 1 atom stereocenters. The molecule has 2 rings (SSSR count). The van der Waals surface area contributed by atoms with Crippen molar-refractivity contribution >= 4 is 21.8 Å². The molecule has 0 saturated heterocycles. The minimum Gasteiger partial charge on any atom is -0.351 e. The molecule has 0 spiro atoms. The second-order valence-corrected chi connectivity index (χ2v) is 6.07. The van der Waals surface area contributed by atoms with Crippen LogP contribution in [0.25, 0.3) is 0 Å². The molecule has 0 aromatic heterocycles. The highest BCUT2D eigenvalue weighted by molar-refractivity contribution is 9.09. The molecule has 2 nitrogen and oxygen atoms in total. The van der Waals surface area contributed by atoms with Crippen molar-refractivity contribution in [3.8, 4) is 0 Å². The van der Waals surface area contributed by atoms with E-state index in [2.05, 4.69) is 47.2 Å². The van der Waals surface area contributed by atoms with E-state index in [0.717, 1.165) is 23.7 Å². The highest BCUT2D eigenvalue weighted by Gasteiger charge is 2.51.